The number of fused-ring (bicyclic) bond motifs is 1. The first-order valence-electron chi connectivity index (χ1n) is 7.74. The average Bonchev–Trinajstić information content (AvgIpc) is 3.18. The van der Waals surface area contributed by atoms with Gasteiger partial charge in [-0.25, -0.2) is 22.5 Å². The van der Waals surface area contributed by atoms with E-state index in [9.17, 15) is 17.6 Å². The molecule has 0 bridgehead atoms. The van der Waals surface area contributed by atoms with Gasteiger partial charge in [-0.15, -0.1) is 11.3 Å². The van der Waals surface area contributed by atoms with Crippen molar-refractivity contribution in [1.82, 2.24) is 19.0 Å². The Kier molecular flexibility index (Phi) is 4.88. The van der Waals surface area contributed by atoms with Gasteiger partial charge in [0.15, 0.2) is 4.96 Å². The van der Waals surface area contributed by atoms with Gasteiger partial charge in [0.05, 0.1) is 12.3 Å². The fourth-order valence-corrected chi connectivity index (χ4v) is 4.67. The van der Waals surface area contributed by atoms with Crippen LogP contribution in [0.15, 0.2) is 17.8 Å². The highest BCUT2D eigenvalue weighted by atomic mass is 32.2. The number of thiazole rings is 1. The third-order valence-electron chi connectivity index (χ3n) is 3.95. The van der Waals surface area contributed by atoms with E-state index in [1.807, 2.05) is 5.38 Å². The van der Waals surface area contributed by atoms with Gasteiger partial charge in [0.2, 0.25) is 10.0 Å². The molecule has 24 heavy (non-hydrogen) atoms. The third kappa shape index (κ3) is 3.60. The Morgan fingerprint density at radius 1 is 1.54 bits per heavy atom. The van der Waals surface area contributed by atoms with E-state index in [1.54, 1.807) is 23.7 Å². The minimum Gasteiger partial charge on any atom is -0.330 e. The maximum Gasteiger partial charge on any atom is 0.274 e. The van der Waals surface area contributed by atoms with Gasteiger partial charge < -0.3 is 4.90 Å². The zero-order chi connectivity index (χ0) is 17.3. The minimum absolute atomic E-state index is 0.0179. The number of halogens is 1. The molecule has 0 radical (unpaired) electrons. The molecule has 2 atom stereocenters. The molecule has 1 amide bonds. The Hall–Kier alpha value is -1.52. The summed E-state index contributed by atoms with van der Waals surface area (Å²) in [6, 6.07) is -0.501. The molecule has 0 spiro atoms. The molecule has 1 aliphatic heterocycles. The second kappa shape index (κ2) is 6.77. The molecule has 7 nitrogen and oxygen atoms in total. The molecule has 1 saturated heterocycles. The lowest BCUT2D eigenvalue weighted by atomic mass is 10.2. The topological polar surface area (TPSA) is 83.8 Å². The molecule has 0 saturated carbocycles. The Morgan fingerprint density at radius 2 is 2.33 bits per heavy atom. The smallest absolute Gasteiger partial charge is 0.274 e. The molecule has 132 valence electrons. The van der Waals surface area contributed by atoms with Gasteiger partial charge in [-0.2, -0.15) is 0 Å². The third-order valence-corrected chi connectivity index (χ3v) is 6.27. The van der Waals surface area contributed by atoms with Crippen LogP contribution in [0.2, 0.25) is 0 Å². The zero-order valence-corrected chi connectivity index (χ0v) is 14.8. The quantitative estimate of drug-likeness (QED) is 0.826. The monoisotopic (exact) mass is 374 g/mol. The number of alkyl halides is 1. The van der Waals surface area contributed by atoms with Crippen molar-refractivity contribution in [2.24, 2.45) is 0 Å². The normalized spacial score (nSPS) is 21.7. The van der Waals surface area contributed by atoms with Crippen LogP contribution in [0.1, 0.15) is 30.3 Å². The molecule has 3 heterocycles. The average molecular weight is 374 g/mol. The van der Waals surface area contributed by atoms with Gasteiger partial charge in [0.1, 0.15) is 11.9 Å². The van der Waals surface area contributed by atoms with Gasteiger partial charge in [0, 0.05) is 36.8 Å². The van der Waals surface area contributed by atoms with Crippen molar-refractivity contribution in [2.75, 3.05) is 18.8 Å². The van der Waals surface area contributed by atoms with E-state index in [0.29, 0.717) is 11.4 Å². The van der Waals surface area contributed by atoms with Crippen LogP contribution < -0.4 is 4.72 Å². The second-order valence-electron chi connectivity index (χ2n) is 5.83. The van der Waals surface area contributed by atoms with Crippen molar-refractivity contribution in [1.29, 1.82) is 0 Å². The van der Waals surface area contributed by atoms with Crippen molar-refractivity contribution < 1.29 is 17.6 Å². The number of aromatic nitrogens is 2. The number of carbonyl (C=O) groups excluding carboxylic acids is 1. The Labute approximate surface area is 143 Å². The molecule has 1 aliphatic rings. The predicted octanol–water partition coefficient (Wildman–Crippen LogP) is 1.28. The summed E-state index contributed by atoms with van der Waals surface area (Å²) in [5, 5.41) is 1.86. The number of rotatable bonds is 6. The summed E-state index contributed by atoms with van der Waals surface area (Å²) in [4.78, 5) is 18.9. The van der Waals surface area contributed by atoms with E-state index in [-0.39, 0.29) is 36.9 Å². The van der Waals surface area contributed by atoms with Crippen LogP contribution in [0.25, 0.3) is 4.96 Å². The van der Waals surface area contributed by atoms with Crippen LogP contribution in [0.3, 0.4) is 0 Å². The Balaban J connectivity index is 1.72. The highest BCUT2D eigenvalue weighted by Crippen LogP contribution is 2.23. The summed E-state index contributed by atoms with van der Waals surface area (Å²) in [6.45, 7) is 1.76. The van der Waals surface area contributed by atoms with Crippen LogP contribution in [0.5, 0.6) is 0 Å². The number of hydrogen-bond donors (Lipinski definition) is 1. The number of likely N-dealkylation sites (tertiary alicyclic amines) is 1. The first kappa shape index (κ1) is 17.3. The fourth-order valence-electron chi connectivity index (χ4n) is 2.84. The van der Waals surface area contributed by atoms with Crippen LogP contribution in [-0.2, 0) is 10.0 Å². The predicted molar refractivity (Wildman–Crippen MR) is 89.5 cm³/mol. The van der Waals surface area contributed by atoms with Crippen LogP contribution in [-0.4, -0.2) is 59.7 Å². The lowest BCUT2D eigenvalue weighted by molar-refractivity contribution is 0.0726. The van der Waals surface area contributed by atoms with Crippen LogP contribution >= 0.6 is 11.3 Å². The van der Waals surface area contributed by atoms with Gasteiger partial charge >= 0.3 is 0 Å². The molecule has 2 unspecified atom stereocenters. The number of nitrogens with zero attached hydrogens (tertiary/aromatic N) is 3. The van der Waals surface area contributed by atoms with Gasteiger partial charge in [-0.05, 0) is 6.42 Å². The fraction of sp³-hybridized carbons (Fsp3) is 0.571. The highest BCUT2D eigenvalue weighted by molar-refractivity contribution is 7.89. The van der Waals surface area contributed by atoms with Crippen molar-refractivity contribution in [3.05, 3.63) is 23.5 Å². The maximum absolute atomic E-state index is 13.8. The summed E-state index contributed by atoms with van der Waals surface area (Å²) in [7, 11) is -3.39. The molecular weight excluding hydrogens is 355 g/mol. The molecular formula is C14H19FN4O3S2. The first-order chi connectivity index (χ1) is 11.4. The van der Waals surface area contributed by atoms with E-state index in [1.165, 1.54) is 16.2 Å². The molecule has 1 fully saturated rings. The summed E-state index contributed by atoms with van der Waals surface area (Å²) in [5.41, 5.74) is 0.248. The summed E-state index contributed by atoms with van der Waals surface area (Å²) in [5.74, 6) is -0.352. The van der Waals surface area contributed by atoms with Gasteiger partial charge in [-0.1, -0.05) is 6.92 Å². The number of nitrogens with one attached hydrogen (secondary N) is 1. The molecule has 10 heteroatoms. The molecule has 2 aromatic rings. The van der Waals surface area contributed by atoms with E-state index in [0.717, 1.165) is 0 Å². The van der Waals surface area contributed by atoms with Crippen molar-refractivity contribution in [2.45, 2.75) is 32.0 Å². The molecule has 3 rings (SSSR count). The largest absolute Gasteiger partial charge is 0.330 e. The lowest BCUT2D eigenvalue weighted by Gasteiger charge is -2.23. The second-order valence-corrected chi connectivity index (χ2v) is 8.63. The number of amides is 1. The number of carbonyl (C=O) groups is 1. The lowest BCUT2D eigenvalue weighted by Crippen LogP contribution is -2.43. The highest BCUT2D eigenvalue weighted by Gasteiger charge is 2.37. The van der Waals surface area contributed by atoms with Gasteiger partial charge in [0.25, 0.3) is 5.91 Å². The van der Waals surface area contributed by atoms with Crippen LogP contribution in [0.4, 0.5) is 4.39 Å². The number of sulfonamides is 1. The first-order valence-corrected chi connectivity index (χ1v) is 10.3. The zero-order valence-electron chi connectivity index (χ0n) is 13.2. The summed E-state index contributed by atoms with van der Waals surface area (Å²) >= 11 is 1.40. The molecule has 2 aromatic heterocycles. The van der Waals surface area contributed by atoms with Gasteiger partial charge in [-0.3, -0.25) is 9.20 Å². The standard InChI is InChI=1S/C14H19FN4O3S2/c1-2-5-24(21,22)16-7-11-6-10(15)8-19(11)13(20)12-9-18-3-4-23-14(18)17-12/h3-4,9-11,16H,2,5-8H2,1H3. The molecule has 1 N–H and O–H groups in total. The Morgan fingerprint density at radius 3 is 3.04 bits per heavy atom. The van der Waals surface area contributed by atoms with Crippen molar-refractivity contribution >= 4 is 32.2 Å². The number of hydrogen-bond acceptors (Lipinski definition) is 5. The van der Waals surface area contributed by atoms with E-state index in [4.69, 9.17) is 0 Å². The number of imidazole rings is 1. The van der Waals surface area contributed by atoms with E-state index < -0.39 is 22.2 Å². The minimum atomic E-state index is -3.39. The summed E-state index contributed by atoms with van der Waals surface area (Å²) in [6.07, 6.45) is 2.88. The van der Waals surface area contributed by atoms with E-state index in [2.05, 4.69) is 9.71 Å². The Bertz CT molecular complexity index is 804. The maximum atomic E-state index is 13.8. The molecule has 0 aromatic carbocycles. The summed E-state index contributed by atoms with van der Waals surface area (Å²) < 4.78 is 41.6. The van der Waals surface area contributed by atoms with Crippen LogP contribution in [0, 0.1) is 0 Å². The molecule has 0 aliphatic carbocycles. The van der Waals surface area contributed by atoms with Crippen molar-refractivity contribution in [3.8, 4) is 0 Å². The van der Waals surface area contributed by atoms with Crippen molar-refractivity contribution in [3.63, 3.8) is 0 Å². The van der Waals surface area contributed by atoms with E-state index >= 15 is 0 Å². The SMILES string of the molecule is CCCS(=O)(=O)NCC1CC(F)CN1C(=O)c1cn2ccsc2n1.